The van der Waals surface area contributed by atoms with Crippen molar-refractivity contribution < 1.29 is 18.8 Å². The molecule has 4 atom stereocenters. The summed E-state index contributed by atoms with van der Waals surface area (Å²) in [7, 11) is 0. The van der Waals surface area contributed by atoms with Crippen molar-refractivity contribution in [1.82, 2.24) is 15.5 Å². The smallest absolute Gasteiger partial charge is 0.234 e. The van der Waals surface area contributed by atoms with Crippen molar-refractivity contribution in [3.63, 3.8) is 0 Å². The number of aryl methyl sites for hydroxylation is 1. The summed E-state index contributed by atoms with van der Waals surface area (Å²) in [6.07, 6.45) is 0.406. The van der Waals surface area contributed by atoms with Crippen molar-refractivity contribution in [2.75, 3.05) is 6.54 Å². The van der Waals surface area contributed by atoms with E-state index < -0.39 is 17.6 Å². The highest BCUT2D eigenvalue weighted by atomic mass is 19.1. The molecule has 1 amide bonds. The van der Waals surface area contributed by atoms with Crippen molar-refractivity contribution in [2.24, 2.45) is 11.0 Å². The number of aliphatic hydroxyl groups excluding tert-OH is 1. The lowest BCUT2D eigenvalue weighted by Crippen LogP contribution is -2.44. The summed E-state index contributed by atoms with van der Waals surface area (Å²) >= 11 is 0. The Morgan fingerprint density at radius 3 is 2.59 bits per heavy atom. The Kier molecular flexibility index (Phi) is 6.62. The van der Waals surface area contributed by atoms with Crippen LogP contribution in [-0.4, -0.2) is 45.5 Å². The maximum Gasteiger partial charge on any atom is 0.234 e. The molecule has 1 saturated heterocycles. The number of amides is 1. The van der Waals surface area contributed by atoms with E-state index in [4.69, 9.17) is 4.52 Å². The number of rotatable bonds is 6. The molecule has 7 nitrogen and oxygen atoms in total. The molecule has 2 aromatic carbocycles. The number of nitrogens with one attached hydrogen (secondary N) is 1. The highest BCUT2D eigenvalue weighted by molar-refractivity contribution is 5.96. The van der Waals surface area contributed by atoms with Gasteiger partial charge in [-0.25, -0.2) is 4.39 Å². The van der Waals surface area contributed by atoms with Gasteiger partial charge in [-0.2, -0.15) is 5.10 Å². The second-order valence-corrected chi connectivity index (χ2v) is 10.8. The van der Waals surface area contributed by atoms with Gasteiger partial charge in [-0.15, -0.1) is 0 Å². The molecule has 0 saturated carbocycles. The first-order valence-electron chi connectivity index (χ1n) is 12.8. The average Bonchev–Trinajstić information content (AvgIpc) is 3.58. The van der Waals surface area contributed by atoms with Crippen molar-refractivity contribution >= 4 is 11.6 Å². The highest BCUT2D eigenvalue weighted by Crippen LogP contribution is 2.36. The highest BCUT2D eigenvalue weighted by Gasteiger charge is 2.45. The van der Waals surface area contributed by atoms with Crippen LogP contribution in [-0.2, 0) is 10.3 Å². The van der Waals surface area contributed by atoms with Crippen LogP contribution in [0, 0.1) is 18.7 Å². The Morgan fingerprint density at radius 1 is 1.22 bits per heavy atom. The monoisotopic (exact) mass is 504 g/mol. The number of carbonyl (C=O) groups excluding carboxylic acids is 1. The van der Waals surface area contributed by atoms with E-state index in [1.54, 1.807) is 23.1 Å². The van der Waals surface area contributed by atoms with E-state index >= 15 is 0 Å². The zero-order valence-corrected chi connectivity index (χ0v) is 21.6. The van der Waals surface area contributed by atoms with Gasteiger partial charge in [-0.1, -0.05) is 61.5 Å². The van der Waals surface area contributed by atoms with E-state index in [9.17, 15) is 14.3 Å². The van der Waals surface area contributed by atoms with Crippen LogP contribution in [0.5, 0.6) is 0 Å². The Labute approximate surface area is 216 Å². The Hall–Kier alpha value is -3.52. The van der Waals surface area contributed by atoms with E-state index in [1.807, 2.05) is 51.1 Å². The quantitative estimate of drug-likeness (QED) is 0.505. The number of halogens is 1. The number of hydrogen-bond donors (Lipinski definition) is 2. The van der Waals surface area contributed by atoms with Crippen LogP contribution < -0.4 is 5.43 Å². The summed E-state index contributed by atoms with van der Waals surface area (Å²) in [6.45, 7) is 8.12. The summed E-state index contributed by atoms with van der Waals surface area (Å²) in [6, 6.07) is 16.0. The minimum Gasteiger partial charge on any atom is -0.391 e. The Balaban J connectivity index is 1.35. The molecule has 2 aliphatic rings. The number of hydrazone groups is 1. The zero-order chi connectivity index (χ0) is 26.3. The molecule has 2 N–H and O–H groups in total. The van der Waals surface area contributed by atoms with Crippen molar-refractivity contribution in [1.29, 1.82) is 0 Å². The minimum absolute atomic E-state index is 0.000108. The maximum absolute atomic E-state index is 14.2. The number of aliphatic hydroxyl groups is 1. The molecule has 0 radical (unpaired) electrons. The Bertz CT molecular complexity index is 1320. The molecular formula is C29H33FN4O3. The molecule has 3 aromatic rings. The van der Waals surface area contributed by atoms with Crippen LogP contribution in [0.25, 0.3) is 11.1 Å². The fourth-order valence-electron chi connectivity index (χ4n) is 5.53. The van der Waals surface area contributed by atoms with Crippen LogP contribution in [0.3, 0.4) is 0 Å². The SMILES string of the molecule is Cc1cc(C(C(=O)N2CC(O)CC2C2=NNC(C)(c3ccc(-c4ccccc4F)cc3)C2)C(C)C)on1. The van der Waals surface area contributed by atoms with Crippen LogP contribution >= 0.6 is 0 Å². The van der Waals surface area contributed by atoms with Crippen LogP contribution in [0.15, 0.2) is 64.2 Å². The normalized spacial score (nSPS) is 24.3. The third kappa shape index (κ3) is 4.78. The third-order valence-electron chi connectivity index (χ3n) is 7.52. The number of likely N-dealkylation sites (tertiary alicyclic amines) is 1. The number of nitrogens with zero attached hydrogens (tertiary/aromatic N) is 3. The lowest BCUT2D eigenvalue weighted by Gasteiger charge is -2.30. The van der Waals surface area contributed by atoms with Gasteiger partial charge in [0, 0.05) is 31.0 Å². The van der Waals surface area contributed by atoms with Gasteiger partial charge >= 0.3 is 0 Å². The van der Waals surface area contributed by atoms with Gasteiger partial charge in [-0.05, 0) is 37.0 Å². The maximum atomic E-state index is 14.2. The second-order valence-electron chi connectivity index (χ2n) is 10.8. The first-order chi connectivity index (χ1) is 17.7. The molecule has 8 heteroatoms. The summed E-state index contributed by atoms with van der Waals surface area (Å²) in [5, 5.41) is 19.2. The fraction of sp³-hybridized carbons (Fsp3) is 0.414. The topological polar surface area (TPSA) is 91.0 Å². The van der Waals surface area contributed by atoms with Gasteiger partial charge in [0.1, 0.15) is 17.5 Å². The molecule has 37 heavy (non-hydrogen) atoms. The molecule has 5 rings (SSSR count). The van der Waals surface area contributed by atoms with Crippen LogP contribution in [0.1, 0.15) is 56.5 Å². The summed E-state index contributed by atoms with van der Waals surface area (Å²) in [4.78, 5) is 15.5. The van der Waals surface area contributed by atoms with Gasteiger partial charge in [0.2, 0.25) is 5.91 Å². The molecule has 0 spiro atoms. The van der Waals surface area contributed by atoms with Crippen LogP contribution in [0.4, 0.5) is 4.39 Å². The van der Waals surface area contributed by atoms with Gasteiger partial charge in [-0.3, -0.25) is 10.2 Å². The van der Waals surface area contributed by atoms with E-state index in [0.29, 0.717) is 24.2 Å². The molecule has 2 aliphatic heterocycles. The van der Waals surface area contributed by atoms with Gasteiger partial charge in [0.25, 0.3) is 0 Å². The van der Waals surface area contributed by atoms with Gasteiger partial charge in [0.15, 0.2) is 0 Å². The molecule has 194 valence electrons. The first-order valence-corrected chi connectivity index (χ1v) is 12.8. The molecule has 3 heterocycles. The molecule has 1 fully saturated rings. The van der Waals surface area contributed by atoms with Crippen molar-refractivity contribution in [3.05, 3.63) is 77.4 Å². The molecule has 0 bridgehead atoms. The minimum atomic E-state index is -0.618. The number of hydrogen-bond acceptors (Lipinski definition) is 6. The average molecular weight is 505 g/mol. The number of aromatic nitrogens is 1. The van der Waals surface area contributed by atoms with Crippen molar-refractivity contribution in [2.45, 2.75) is 64.1 Å². The number of carbonyl (C=O) groups is 1. The summed E-state index contributed by atoms with van der Waals surface area (Å²) < 4.78 is 19.7. The molecular weight excluding hydrogens is 471 g/mol. The predicted molar refractivity (Wildman–Crippen MR) is 139 cm³/mol. The van der Waals surface area contributed by atoms with E-state index in [1.165, 1.54) is 6.07 Å². The number of β-amino-alcohol motifs (C(OH)–C–C–N with tert-alkyl or cyclic N) is 1. The zero-order valence-electron chi connectivity index (χ0n) is 21.6. The van der Waals surface area contributed by atoms with Crippen molar-refractivity contribution in [3.8, 4) is 11.1 Å². The van der Waals surface area contributed by atoms with Gasteiger partial charge in [0.05, 0.1) is 29.1 Å². The summed E-state index contributed by atoms with van der Waals surface area (Å²) in [5.74, 6) is -0.278. The number of benzene rings is 2. The lowest BCUT2D eigenvalue weighted by molar-refractivity contribution is -0.134. The van der Waals surface area contributed by atoms with Crippen LogP contribution in [0.2, 0.25) is 0 Å². The van der Waals surface area contributed by atoms with E-state index in [-0.39, 0.29) is 30.2 Å². The molecule has 0 aliphatic carbocycles. The fourth-order valence-corrected chi connectivity index (χ4v) is 5.53. The van der Waals surface area contributed by atoms with E-state index in [2.05, 4.69) is 22.6 Å². The molecule has 1 aromatic heterocycles. The third-order valence-corrected chi connectivity index (χ3v) is 7.52. The lowest BCUT2D eigenvalue weighted by atomic mass is 9.85. The van der Waals surface area contributed by atoms with E-state index in [0.717, 1.165) is 22.5 Å². The second kappa shape index (κ2) is 9.74. The largest absolute Gasteiger partial charge is 0.391 e. The Morgan fingerprint density at radius 2 is 1.95 bits per heavy atom. The summed E-state index contributed by atoms with van der Waals surface area (Å²) in [5.41, 5.74) is 6.74. The predicted octanol–water partition coefficient (Wildman–Crippen LogP) is 4.76. The first kappa shape index (κ1) is 25.1. The van der Waals surface area contributed by atoms with Gasteiger partial charge < -0.3 is 14.5 Å². The molecule has 4 unspecified atom stereocenters. The standard InChI is InChI=1S/C29H33FN4O3/c1-17(2)27(26-13-18(3)32-37-26)28(36)34-16-21(35)14-25(34)24-15-29(4,33-31-24)20-11-9-19(10-12-20)22-7-5-6-8-23(22)30/h5-13,17,21,25,27,33,35H,14-16H2,1-4H3.